The van der Waals surface area contributed by atoms with E-state index in [1.807, 2.05) is 4.90 Å². The Morgan fingerprint density at radius 3 is 2.28 bits per heavy atom. The van der Waals surface area contributed by atoms with Gasteiger partial charge >= 0.3 is 6.18 Å². The van der Waals surface area contributed by atoms with Crippen molar-refractivity contribution in [3.8, 4) is 0 Å². The summed E-state index contributed by atoms with van der Waals surface area (Å²) in [4.78, 5) is 16.1. The Morgan fingerprint density at radius 1 is 1.03 bits per heavy atom. The molecule has 2 aliphatic heterocycles. The average molecular weight is 469 g/mol. The first kappa shape index (κ1) is 23.0. The normalized spacial score (nSPS) is 24.0. The van der Waals surface area contributed by atoms with E-state index in [-0.39, 0.29) is 13.1 Å². The molecular formula is C23H24ClF3N2O3. The molecule has 2 fully saturated rings. The van der Waals surface area contributed by atoms with Crippen molar-refractivity contribution in [2.24, 2.45) is 0 Å². The Balaban J connectivity index is 1.43. The number of benzene rings is 2. The van der Waals surface area contributed by atoms with Gasteiger partial charge in [0.25, 0.3) is 5.91 Å². The highest BCUT2D eigenvalue weighted by Crippen LogP contribution is 2.36. The van der Waals surface area contributed by atoms with E-state index in [1.165, 1.54) is 17.0 Å². The average Bonchev–Trinajstić information content (AvgIpc) is 3.15. The van der Waals surface area contributed by atoms with Crippen LogP contribution in [0.5, 0.6) is 0 Å². The number of alkyl halides is 3. The van der Waals surface area contributed by atoms with E-state index >= 15 is 0 Å². The summed E-state index contributed by atoms with van der Waals surface area (Å²) in [6.45, 7) is 1.07. The maximum absolute atomic E-state index is 13.3. The van der Waals surface area contributed by atoms with Crippen molar-refractivity contribution in [1.82, 2.24) is 9.80 Å². The number of amides is 1. The van der Waals surface area contributed by atoms with E-state index in [4.69, 9.17) is 11.6 Å². The molecule has 0 bridgehead atoms. The number of hydrogen-bond acceptors (Lipinski definition) is 4. The van der Waals surface area contributed by atoms with Crippen LogP contribution in [-0.4, -0.2) is 64.2 Å². The van der Waals surface area contributed by atoms with E-state index in [0.717, 1.165) is 17.7 Å². The summed E-state index contributed by atoms with van der Waals surface area (Å²) in [5.74, 6) is -0.742. The van der Waals surface area contributed by atoms with Gasteiger partial charge in [0.1, 0.15) is 0 Å². The molecule has 32 heavy (non-hydrogen) atoms. The molecule has 172 valence electrons. The molecule has 4 rings (SSSR count). The number of carbonyl (C=O) groups is 1. The van der Waals surface area contributed by atoms with Crippen LogP contribution in [0.1, 0.15) is 34.3 Å². The third-order valence-corrected chi connectivity index (χ3v) is 6.74. The van der Waals surface area contributed by atoms with Crippen LogP contribution in [0.3, 0.4) is 0 Å². The first-order chi connectivity index (χ1) is 15.1. The Hall–Kier alpha value is -2.13. The minimum absolute atomic E-state index is 0.0341. The molecule has 2 N–H and O–H groups in total. The third kappa shape index (κ3) is 4.50. The molecule has 2 saturated heterocycles. The molecule has 0 radical (unpaired) electrons. The Morgan fingerprint density at radius 2 is 1.66 bits per heavy atom. The minimum atomic E-state index is -4.64. The number of piperidine rings is 1. The van der Waals surface area contributed by atoms with E-state index in [1.54, 1.807) is 24.3 Å². The molecule has 0 aromatic heterocycles. The highest BCUT2D eigenvalue weighted by molar-refractivity contribution is 6.30. The van der Waals surface area contributed by atoms with Crippen LogP contribution in [-0.2, 0) is 11.8 Å². The number of aliphatic hydroxyl groups is 2. The fourth-order valence-corrected chi connectivity index (χ4v) is 4.78. The van der Waals surface area contributed by atoms with Crippen molar-refractivity contribution >= 4 is 17.5 Å². The minimum Gasteiger partial charge on any atom is -0.390 e. The molecule has 2 aromatic rings. The maximum atomic E-state index is 13.3. The molecule has 2 aliphatic rings. The van der Waals surface area contributed by atoms with Gasteiger partial charge in [-0.3, -0.25) is 9.69 Å². The molecule has 0 saturated carbocycles. The van der Waals surface area contributed by atoms with Gasteiger partial charge in [-0.1, -0.05) is 35.9 Å². The predicted octanol–water partition coefficient (Wildman–Crippen LogP) is 3.53. The van der Waals surface area contributed by atoms with E-state index < -0.39 is 41.0 Å². The number of aliphatic hydroxyl groups excluding tert-OH is 1. The van der Waals surface area contributed by atoms with Crippen molar-refractivity contribution in [3.63, 3.8) is 0 Å². The lowest BCUT2D eigenvalue weighted by molar-refractivity contribution is -0.138. The van der Waals surface area contributed by atoms with Gasteiger partial charge in [-0.25, -0.2) is 0 Å². The topological polar surface area (TPSA) is 64.0 Å². The zero-order valence-corrected chi connectivity index (χ0v) is 18.0. The number of rotatable bonds is 3. The van der Waals surface area contributed by atoms with Crippen molar-refractivity contribution in [2.45, 2.75) is 36.8 Å². The largest absolute Gasteiger partial charge is 0.417 e. The number of halogens is 4. The lowest BCUT2D eigenvalue weighted by Gasteiger charge is -2.41. The molecular weight excluding hydrogens is 445 g/mol. The van der Waals surface area contributed by atoms with Gasteiger partial charge in [0.15, 0.2) is 0 Å². The Kier molecular flexibility index (Phi) is 6.24. The molecule has 5 nitrogen and oxygen atoms in total. The monoisotopic (exact) mass is 468 g/mol. The molecule has 2 aromatic carbocycles. The van der Waals surface area contributed by atoms with Gasteiger partial charge < -0.3 is 15.1 Å². The maximum Gasteiger partial charge on any atom is 0.417 e. The van der Waals surface area contributed by atoms with Crippen LogP contribution in [0.25, 0.3) is 0 Å². The second-order valence-corrected chi connectivity index (χ2v) is 8.90. The highest BCUT2D eigenvalue weighted by Gasteiger charge is 2.43. The quantitative estimate of drug-likeness (QED) is 0.723. The van der Waals surface area contributed by atoms with Crippen LogP contribution < -0.4 is 0 Å². The molecule has 9 heteroatoms. The smallest absolute Gasteiger partial charge is 0.390 e. The number of carbonyl (C=O) groups excluding carboxylic acids is 1. The van der Waals surface area contributed by atoms with E-state index in [2.05, 4.69) is 0 Å². The standard InChI is InChI=1S/C23H24ClF3N2O3/c24-16-7-5-15(6-8-16)22(32)9-11-28(12-10-22)19-13-29(14-20(19)30)21(31)17-3-1-2-4-18(17)23(25,26)27/h1-8,19-20,30,32H,9-14H2. The highest BCUT2D eigenvalue weighted by atomic mass is 35.5. The van der Waals surface area contributed by atoms with Crippen LogP contribution in [0.2, 0.25) is 5.02 Å². The van der Waals surface area contributed by atoms with Gasteiger partial charge in [0, 0.05) is 31.2 Å². The van der Waals surface area contributed by atoms with E-state index in [0.29, 0.717) is 31.0 Å². The number of hydrogen-bond donors (Lipinski definition) is 2. The molecule has 0 spiro atoms. The summed E-state index contributed by atoms with van der Waals surface area (Å²) in [7, 11) is 0. The van der Waals surface area contributed by atoms with Crippen LogP contribution in [0.15, 0.2) is 48.5 Å². The second kappa shape index (κ2) is 8.67. The summed E-state index contributed by atoms with van der Waals surface area (Å²) in [5.41, 5.74) is -1.63. The van der Waals surface area contributed by atoms with Crippen molar-refractivity contribution < 1.29 is 28.2 Å². The summed E-state index contributed by atoms with van der Waals surface area (Å²) in [6, 6.07) is 11.3. The van der Waals surface area contributed by atoms with Gasteiger partial charge in [0.2, 0.25) is 0 Å². The molecule has 2 unspecified atom stereocenters. The molecule has 1 amide bonds. The predicted molar refractivity (Wildman–Crippen MR) is 113 cm³/mol. The van der Waals surface area contributed by atoms with Gasteiger partial charge in [-0.2, -0.15) is 13.2 Å². The SMILES string of the molecule is O=C(c1ccccc1C(F)(F)F)N1CC(O)C(N2CCC(O)(c3ccc(Cl)cc3)CC2)C1. The number of β-amino-alcohol motifs (C(OH)–C–C–N with tert-alkyl or cyclic N) is 1. The van der Waals surface area contributed by atoms with Crippen molar-refractivity contribution in [2.75, 3.05) is 26.2 Å². The Labute approximate surface area is 189 Å². The number of likely N-dealkylation sites (tertiary alicyclic amines) is 2. The zero-order valence-electron chi connectivity index (χ0n) is 17.2. The first-order valence-corrected chi connectivity index (χ1v) is 10.8. The fourth-order valence-electron chi connectivity index (χ4n) is 4.66. The third-order valence-electron chi connectivity index (χ3n) is 6.48. The lowest BCUT2D eigenvalue weighted by atomic mass is 9.84. The zero-order chi connectivity index (χ0) is 23.1. The van der Waals surface area contributed by atoms with Gasteiger partial charge in [-0.05, 0) is 42.7 Å². The van der Waals surface area contributed by atoms with Crippen molar-refractivity contribution in [1.29, 1.82) is 0 Å². The van der Waals surface area contributed by atoms with Crippen LogP contribution in [0.4, 0.5) is 13.2 Å². The summed E-state index contributed by atoms with van der Waals surface area (Å²) < 4.78 is 39.9. The summed E-state index contributed by atoms with van der Waals surface area (Å²) in [6.07, 6.45) is -4.65. The lowest BCUT2D eigenvalue weighted by Crippen LogP contribution is -2.51. The summed E-state index contributed by atoms with van der Waals surface area (Å²) >= 11 is 5.93. The first-order valence-electron chi connectivity index (χ1n) is 10.4. The second-order valence-electron chi connectivity index (χ2n) is 8.46. The fraction of sp³-hybridized carbons (Fsp3) is 0.435. The van der Waals surface area contributed by atoms with Gasteiger partial charge in [-0.15, -0.1) is 0 Å². The van der Waals surface area contributed by atoms with E-state index in [9.17, 15) is 28.2 Å². The Bertz CT molecular complexity index is 975. The summed E-state index contributed by atoms with van der Waals surface area (Å²) in [5, 5.41) is 22.2. The molecule has 0 aliphatic carbocycles. The van der Waals surface area contributed by atoms with Crippen LogP contribution in [0, 0.1) is 0 Å². The molecule has 2 heterocycles. The van der Waals surface area contributed by atoms with Crippen molar-refractivity contribution in [3.05, 3.63) is 70.2 Å². The molecule has 2 atom stereocenters. The van der Waals surface area contributed by atoms with Crippen LogP contribution >= 0.6 is 11.6 Å². The number of nitrogens with zero attached hydrogens (tertiary/aromatic N) is 2. The van der Waals surface area contributed by atoms with Gasteiger partial charge in [0.05, 0.1) is 28.9 Å².